The molecule has 2 aromatic heterocycles. The highest BCUT2D eigenvalue weighted by molar-refractivity contribution is 6.10. The minimum atomic E-state index is -0.0336. The molecule has 2 heterocycles. The summed E-state index contributed by atoms with van der Waals surface area (Å²) in [6.07, 6.45) is 0. The van der Waals surface area contributed by atoms with Crippen molar-refractivity contribution in [2.75, 3.05) is 0 Å². The van der Waals surface area contributed by atoms with Crippen molar-refractivity contribution in [2.45, 2.75) is 13.1 Å². The van der Waals surface area contributed by atoms with E-state index in [-0.39, 0.29) is 5.78 Å². The van der Waals surface area contributed by atoms with E-state index in [9.17, 15) is 4.79 Å². The monoisotopic (exact) mass is 740 g/mol. The van der Waals surface area contributed by atoms with Crippen LogP contribution in [-0.2, 0) is 13.1 Å². The number of carbonyl (C=O) groups is 1. The maximum absolute atomic E-state index is 13.4. The van der Waals surface area contributed by atoms with Gasteiger partial charge in [-0.3, -0.25) is 4.79 Å². The third-order valence-corrected chi connectivity index (χ3v) is 10.9. The normalized spacial score (nSPS) is 11.0. The third-order valence-electron chi connectivity index (χ3n) is 10.9. The van der Waals surface area contributed by atoms with Gasteiger partial charge in [-0.05, 0) is 108 Å². The van der Waals surface area contributed by atoms with Crippen LogP contribution in [0, 0.1) is 23.7 Å². The number of hydrogen-bond donors (Lipinski definition) is 0. The summed E-state index contributed by atoms with van der Waals surface area (Å²) in [5.74, 6) is 13.3. The fourth-order valence-corrected chi connectivity index (χ4v) is 8.00. The Labute approximate surface area is 337 Å². The number of hydrogen-bond acceptors (Lipinski definition) is 1. The Morgan fingerprint density at radius 3 is 1.12 bits per heavy atom. The second-order valence-electron chi connectivity index (χ2n) is 14.6. The Kier molecular flexibility index (Phi) is 8.96. The number of aromatic nitrogens is 2. The van der Waals surface area contributed by atoms with E-state index in [1.54, 1.807) is 0 Å². The SMILES string of the molecule is O=C(c1ccc(C#Cc2ccc3c(c2)c2ccccc2n3Cc2ccccc2)cc1)c1ccc(C#Cc2ccc3c(c2)c2ccccc2n3Cc2ccccc2)cc1. The van der Waals surface area contributed by atoms with Crippen LogP contribution in [0.1, 0.15) is 49.3 Å². The molecule has 3 heteroatoms. The number of fused-ring (bicyclic) bond motifs is 6. The molecule has 0 atom stereocenters. The van der Waals surface area contributed by atoms with E-state index in [2.05, 4.69) is 178 Å². The van der Waals surface area contributed by atoms with Gasteiger partial charge in [-0.1, -0.05) is 121 Å². The topological polar surface area (TPSA) is 26.9 Å². The summed E-state index contributed by atoms with van der Waals surface area (Å²) in [6, 6.07) is 66.2. The zero-order valence-corrected chi connectivity index (χ0v) is 31.7. The van der Waals surface area contributed by atoms with Gasteiger partial charge in [-0.2, -0.15) is 0 Å². The van der Waals surface area contributed by atoms with E-state index < -0.39 is 0 Å². The van der Waals surface area contributed by atoms with E-state index in [0.29, 0.717) is 11.1 Å². The molecule has 0 bridgehead atoms. The molecular weight excluding hydrogens is 705 g/mol. The van der Waals surface area contributed by atoms with Gasteiger partial charge in [0.1, 0.15) is 0 Å². The minimum absolute atomic E-state index is 0.0336. The molecule has 58 heavy (non-hydrogen) atoms. The maximum atomic E-state index is 13.4. The summed E-state index contributed by atoms with van der Waals surface area (Å²) in [5, 5.41) is 4.82. The molecule has 0 radical (unpaired) electrons. The molecular formula is C55H36N2O. The minimum Gasteiger partial charge on any atom is -0.336 e. The van der Waals surface area contributed by atoms with Crippen LogP contribution in [0.5, 0.6) is 0 Å². The Hall–Kier alpha value is -7.85. The molecule has 0 saturated carbocycles. The third kappa shape index (κ3) is 6.73. The Balaban J connectivity index is 0.841. The van der Waals surface area contributed by atoms with Gasteiger partial charge < -0.3 is 9.13 Å². The first kappa shape index (κ1) is 34.6. The van der Waals surface area contributed by atoms with E-state index >= 15 is 0 Å². The smallest absolute Gasteiger partial charge is 0.193 e. The Morgan fingerprint density at radius 1 is 0.345 bits per heavy atom. The largest absolute Gasteiger partial charge is 0.336 e. The molecule has 0 aliphatic heterocycles. The van der Waals surface area contributed by atoms with E-state index in [1.807, 2.05) is 48.5 Å². The fourth-order valence-electron chi connectivity index (χ4n) is 8.00. The number of ketones is 1. The van der Waals surface area contributed by atoms with Crippen LogP contribution in [0.15, 0.2) is 194 Å². The summed E-state index contributed by atoms with van der Waals surface area (Å²) < 4.78 is 4.76. The lowest BCUT2D eigenvalue weighted by Gasteiger charge is -2.07. The van der Waals surface area contributed by atoms with Crippen LogP contribution in [0.4, 0.5) is 0 Å². The van der Waals surface area contributed by atoms with Gasteiger partial charge in [0.15, 0.2) is 5.78 Å². The quantitative estimate of drug-likeness (QED) is 0.123. The molecule has 272 valence electrons. The van der Waals surface area contributed by atoms with Gasteiger partial charge >= 0.3 is 0 Å². The van der Waals surface area contributed by atoms with E-state index in [1.165, 1.54) is 54.7 Å². The van der Waals surface area contributed by atoms with Crippen LogP contribution in [0.2, 0.25) is 0 Å². The highest BCUT2D eigenvalue weighted by atomic mass is 16.1. The van der Waals surface area contributed by atoms with Crippen LogP contribution in [0.25, 0.3) is 43.6 Å². The predicted molar refractivity (Wildman–Crippen MR) is 238 cm³/mol. The molecule has 0 aliphatic carbocycles. The zero-order valence-electron chi connectivity index (χ0n) is 31.7. The molecule has 0 aliphatic rings. The number of nitrogens with zero attached hydrogens (tertiary/aromatic N) is 2. The molecule has 0 spiro atoms. The lowest BCUT2D eigenvalue weighted by atomic mass is 10.0. The van der Waals surface area contributed by atoms with Crippen molar-refractivity contribution in [2.24, 2.45) is 0 Å². The Morgan fingerprint density at radius 2 is 0.690 bits per heavy atom. The molecule has 0 amide bonds. The fraction of sp³-hybridized carbons (Fsp3) is 0.0364. The van der Waals surface area contributed by atoms with Gasteiger partial charge in [0.05, 0.1) is 0 Å². The molecule has 8 aromatic carbocycles. The average Bonchev–Trinajstić information content (AvgIpc) is 3.76. The number of carbonyl (C=O) groups excluding carboxylic acids is 1. The van der Waals surface area contributed by atoms with Gasteiger partial charge in [-0.15, -0.1) is 0 Å². The summed E-state index contributed by atoms with van der Waals surface area (Å²) in [4.78, 5) is 13.4. The van der Waals surface area contributed by atoms with Crippen molar-refractivity contribution in [1.82, 2.24) is 9.13 Å². The number of rotatable bonds is 6. The second-order valence-corrected chi connectivity index (χ2v) is 14.6. The molecule has 3 nitrogen and oxygen atoms in total. The average molecular weight is 741 g/mol. The van der Waals surface area contributed by atoms with Gasteiger partial charge in [0.25, 0.3) is 0 Å². The maximum Gasteiger partial charge on any atom is 0.193 e. The van der Waals surface area contributed by atoms with Crippen molar-refractivity contribution in [3.05, 3.63) is 239 Å². The molecule has 0 fully saturated rings. The summed E-state index contributed by atoms with van der Waals surface area (Å²) in [5.41, 5.74) is 12.2. The molecule has 0 saturated heterocycles. The summed E-state index contributed by atoms with van der Waals surface area (Å²) in [6.45, 7) is 1.61. The Bertz CT molecular complexity index is 3050. The van der Waals surface area contributed by atoms with E-state index in [0.717, 1.165) is 35.3 Å². The molecule has 0 N–H and O–H groups in total. The second kappa shape index (κ2) is 15.0. The van der Waals surface area contributed by atoms with Gasteiger partial charge in [0, 0.05) is 90.1 Å². The van der Waals surface area contributed by atoms with Crippen LogP contribution in [0.3, 0.4) is 0 Å². The van der Waals surface area contributed by atoms with Crippen LogP contribution < -0.4 is 0 Å². The number of para-hydroxylation sites is 2. The summed E-state index contributed by atoms with van der Waals surface area (Å²) in [7, 11) is 0. The van der Waals surface area contributed by atoms with Gasteiger partial charge in [-0.25, -0.2) is 0 Å². The highest BCUT2D eigenvalue weighted by Crippen LogP contribution is 2.32. The van der Waals surface area contributed by atoms with Crippen LogP contribution >= 0.6 is 0 Å². The molecule has 0 unspecified atom stereocenters. The molecule has 10 rings (SSSR count). The van der Waals surface area contributed by atoms with Gasteiger partial charge in [0.2, 0.25) is 0 Å². The first-order valence-corrected chi connectivity index (χ1v) is 19.5. The lowest BCUT2D eigenvalue weighted by Crippen LogP contribution is -2.01. The van der Waals surface area contributed by atoms with Crippen molar-refractivity contribution in [3.8, 4) is 23.7 Å². The van der Waals surface area contributed by atoms with Crippen molar-refractivity contribution >= 4 is 49.4 Å². The molecule has 10 aromatic rings. The van der Waals surface area contributed by atoms with E-state index in [4.69, 9.17) is 0 Å². The number of benzene rings is 8. The first-order valence-electron chi connectivity index (χ1n) is 19.5. The summed E-state index contributed by atoms with van der Waals surface area (Å²) >= 11 is 0. The predicted octanol–water partition coefficient (Wildman–Crippen LogP) is 12.0. The standard InChI is InChI=1S/C55H36N2O/c58-55(45-29-23-39(24-30-45)19-21-41-27-33-53-49(35-41)47-15-7-9-17-51(47)56(53)37-43-11-3-1-4-12-43)46-31-25-40(26-32-46)20-22-42-28-34-54-50(36-42)48-16-8-10-18-52(48)57(54)38-44-13-5-2-6-14-44/h1-18,23-36H,37-38H2. The highest BCUT2D eigenvalue weighted by Gasteiger charge is 2.13. The van der Waals surface area contributed by atoms with Crippen molar-refractivity contribution < 1.29 is 4.79 Å². The van der Waals surface area contributed by atoms with Crippen molar-refractivity contribution in [1.29, 1.82) is 0 Å². The zero-order chi connectivity index (χ0) is 38.8. The lowest BCUT2D eigenvalue weighted by molar-refractivity contribution is 0.103. The first-order chi connectivity index (χ1) is 28.6. The van der Waals surface area contributed by atoms with Crippen LogP contribution in [-0.4, -0.2) is 14.9 Å². The van der Waals surface area contributed by atoms with Crippen molar-refractivity contribution in [3.63, 3.8) is 0 Å².